The molecule has 0 aromatic carbocycles. The fourth-order valence-corrected chi connectivity index (χ4v) is 2.54. The molecular weight excluding hydrogens is 279 g/mol. The molecule has 0 spiro atoms. The number of pyridine rings is 3. The van der Waals surface area contributed by atoms with Crippen LogP contribution in [0.4, 0.5) is 4.39 Å². The largest absolute Gasteiger partial charge is 0.353 e. The number of aromatic nitrogens is 4. The highest BCUT2D eigenvalue weighted by atomic mass is 19.1. The standard InChI is InChI=1S/C17H11FN4/c18-14-5-4-13-17(22-14)15(12-3-1-2-8-20-12)16(21-13)11-6-9-19-10-7-11/h1-10,21H. The van der Waals surface area contributed by atoms with Crippen LogP contribution < -0.4 is 0 Å². The zero-order valence-corrected chi connectivity index (χ0v) is 11.5. The summed E-state index contributed by atoms with van der Waals surface area (Å²) in [6.45, 7) is 0. The van der Waals surface area contributed by atoms with Crippen molar-refractivity contribution in [2.75, 3.05) is 0 Å². The maximum absolute atomic E-state index is 13.6. The van der Waals surface area contributed by atoms with Gasteiger partial charge in [-0.15, -0.1) is 0 Å². The number of nitrogens with one attached hydrogen (secondary N) is 1. The molecule has 5 heteroatoms. The second-order valence-corrected chi connectivity index (χ2v) is 4.86. The van der Waals surface area contributed by atoms with Gasteiger partial charge in [-0.25, -0.2) is 4.98 Å². The van der Waals surface area contributed by atoms with Crippen LogP contribution in [-0.2, 0) is 0 Å². The van der Waals surface area contributed by atoms with Crippen LogP contribution in [0.5, 0.6) is 0 Å². The van der Waals surface area contributed by atoms with Gasteiger partial charge in [-0.05, 0) is 36.4 Å². The van der Waals surface area contributed by atoms with E-state index in [4.69, 9.17) is 0 Å². The molecule has 0 fully saturated rings. The van der Waals surface area contributed by atoms with Crippen molar-refractivity contribution in [1.29, 1.82) is 0 Å². The topological polar surface area (TPSA) is 54.5 Å². The minimum Gasteiger partial charge on any atom is -0.353 e. The number of halogens is 1. The molecule has 4 aromatic rings. The summed E-state index contributed by atoms with van der Waals surface area (Å²) >= 11 is 0. The van der Waals surface area contributed by atoms with Crippen LogP contribution >= 0.6 is 0 Å². The number of nitrogens with zero attached hydrogens (tertiary/aromatic N) is 3. The van der Waals surface area contributed by atoms with E-state index in [1.807, 2.05) is 30.3 Å². The molecule has 22 heavy (non-hydrogen) atoms. The summed E-state index contributed by atoms with van der Waals surface area (Å²) in [6, 6.07) is 12.5. The van der Waals surface area contributed by atoms with E-state index in [0.29, 0.717) is 5.52 Å². The van der Waals surface area contributed by atoms with E-state index < -0.39 is 5.95 Å². The van der Waals surface area contributed by atoms with Gasteiger partial charge in [0.1, 0.15) is 5.52 Å². The molecule has 0 bridgehead atoms. The highest BCUT2D eigenvalue weighted by molar-refractivity contribution is 6.00. The average Bonchev–Trinajstić information content (AvgIpc) is 2.95. The van der Waals surface area contributed by atoms with Gasteiger partial charge in [-0.1, -0.05) is 6.07 Å². The minimum atomic E-state index is -0.509. The Kier molecular flexibility index (Phi) is 2.89. The van der Waals surface area contributed by atoms with Crippen molar-refractivity contribution in [1.82, 2.24) is 19.9 Å². The predicted molar refractivity (Wildman–Crippen MR) is 82.5 cm³/mol. The molecule has 0 saturated heterocycles. The van der Waals surface area contributed by atoms with Crippen molar-refractivity contribution in [2.24, 2.45) is 0 Å². The first-order valence-electron chi connectivity index (χ1n) is 6.83. The Labute approximate surface area is 125 Å². The normalized spacial score (nSPS) is 11.0. The average molecular weight is 290 g/mol. The molecule has 0 aliphatic rings. The second-order valence-electron chi connectivity index (χ2n) is 4.86. The highest BCUT2D eigenvalue weighted by Crippen LogP contribution is 2.36. The van der Waals surface area contributed by atoms with Crippen LogP contribution in [0, 0.1) is 5.95 Å². The minimum absolute atomic E-state index is 0.509. The van der Waals surface area contributed by atoms with Crippen LogP contribution in [0.25, 0.3) is 33.5 Å². The third kappa shape index (κ3) is 2.03. The van der Waals surface area contributed by atoms with E-state index in [1.54, 1.807) is 24.7 Å². The first kappa shape index (κ1) is 12.6. The maximum atomic E-state index is 13.6. The quantitative estimate of drug-likeness (QED) is 0.571. The molecule has 0 unspecified atom stereocenters. The van der Waals surface area contributed by atoms with Gasteiger partial charge in [0, 0.05) is 24.2 Å². The Morgan fingerprint density at radius 3 is 2.55 bits per heavy atom. The lowest BCUT2D eigenvalue weighted by Gasteiger charge is -2.04. The molecule has 106 valence electrons. The van der Waals surface area contributed by atoms with Gasteiger partial charge in [-0.3, -0.25) is 9.97 Å². The van der Waals surface area contributed by atoms with Crippen molar-refractivity contribution in [3.05, 3.63) is 67.0 Å². The first-order chi connectivity index (χ1) is 10.8. The lowest BCUT2D eigenvalue weighted by molar-refractivity contribution is 0.589. The van der Waals surface area contributed by atoms with E-state index in [1.165, 1.54) is 6.07 Å². The van der Waals surface area contributed by atoms with Crippen molar-refractivity contribution < 1.29 is 4.39 Å². The van der Waals surface area contributed by atoms with Crippen LogP contribution in [0.15, 0.2) is 61.1 Å². The summed E-state index contributed by atoms with van der Waals surface area (Å²) in [7, 11) is 0. The number of fused-ring (bicyclic) bond motifs is 1. The van der Waals surface area contributed by atoms with Gasteiger partial charge >= 0.3 is 0 Å². The van der Waals surface area contributed by atoms with E-state index in [2.05, 4.69) is 19.9 Å². The summed E-state index contributed by atoms with van der Waals surface area (Å²) in [4.78, 5) is 15.8. The van der Waals surface area contributed by atoms with Crippen molar-refractivity contribution in [3.63, 3.8) is 0 Å². The Morgan fingerprint density at radius 1 is 0.909 bits per heavy atom. The zero-order valence-electron chi connectivity index (χ0n) is 11.5. The lowest BCUT2D eigenvalue weighted by Crippen LogP contribution is -1.87. The molecular formula is C17H11FN4. The third-order valence-corrected chi connectivity index (χ3v) is 3.50. The Morgan fingerprint density at radius 2 is 1.77 bits per heavy atom. The van der Waals surface area contributed by atoms with Crippen molar-refractivity contribution in [3.8, 4) is 22.5 Å². The van der Waals surface area contributed by atoms with Crippen LogP contribution in [0.3, 0.4) is 0 Å². The Hall–Kier alpha value is -3.08. The van der Waals surface area contributed by atoms with Gasteiger partial charge in [0.2, 0.25) is 5.95 Å². The van der Waals surface area contributed by atoms with Gasteiger partial charge in [0.15, 0.2) is 0 Å². The van der Waals surface area contributed by atoms with E-state index in [0.717, 1.165) is 28.0 Å². The van der Waals surface area contributed by atoms with Crippen molar-refractivity contribution >= 4 is 11.0 Å². The monoisotopic (exact) mass is 290 g/mol. The molecule has 1 N–H and O–H groups in total. The number of hydrogen-bond donors (Lipinski definition) is 1. The lowest BCUT2D eigenvalue weighted by atomic mass is 10.1. The Balaban J connectivity index is 2.08. The van der Waals surface area contributed by atoms with E-state index in [-0.39, 0.29) is 0 Å². The van der Waals surface area contributed by atoms with E-state index in [9.17, 15) is 4.39 Å². The molecule has 0 atom stereocenters. The number of H-pyrrole nitrogens is 1. The summed E-state index contributed by atoms with van der Waals surface area (Å²) < 4.78 is 13.6. The summed E-state index contributed by atoms with van der Waals surface area (Å²) in [5.74, 6) is -0.509. The van der Waals surface area contributed by atoms with Crippen LogP contribution in [-0.4, -0.2) is 19.9 Å². The first-order valence-corrected chi connectivity index (χ1v) is 6.83. The molecule has 4 aromatic heterocycles. The number of rotatable bonds is 2. The van der Waals surface area contributed by atoms with E-state index >= 15 is 0 Å². The van der Waals surface area contributed by atoms with Crippen molar-refractivity contribution in [2.45, 2.75) is 0 Å². The molecule has 0 radical (unpaired) electrons. The second kappa shape index (κ2) is 5.04. The molecule has 0 saturated carbocycles. The SMILES string of the molecule is Fc1ccc2[nH]c(-c3ccncc3)c(-c3ccccn3)c2n1. The predicted octanol–water partition coefficient (Wildman–Crippen LogP) is 3.83. The fraction of sp³-hybridized carbons (Fsp3) is 0. The Bertz CT molecular complexity index is 933. The highest BCUT2D eigenvalue weighted by Gasteiger charge is 2.17. The number of hydrogen-bond acceptors (Lipinski definition) is 3. The molecule has 4 rings (SSSR count). The fourth-order valence-electron chi connectivity index (χ4n) is 2.54. The van der Waals surface area contributed by atoms with Crippen LogP contribution in [0.2, 0.25) is 0 Å². The number of aromatic amines is 1. The molecule has 0 amide bonds. The van der Waals surface area contributed by atoms with Gasteiger partial charge in [0.05, 0.1) is 22.5 Å². The zero-order chi connectivity index (χ0) is 14.9. The van der Waals surface area contributed by atoms with Crippen LogP contribution in [0.1, 0.15) is 0 Å². The third-order valence-electron chi connectivity index (χ3n) is 3.50. The molecule has 4 heterocycles. The molecule has 0 aliphatic carbocycles. The molecule has 0 aliphatic heterocycles. The van der Waals surface area contributed by atoms with Gasteiger partial charge in [-0.2, -0.15) is 4.39 Å². The maximum Gasteiger partial charge on any atom is 0.213 e. The molecule has 4 nitrogen and oxygen atoms in total. The van der Waals surface area contributed by atoms with Gasteiger partial charge < -0.3 is 4.98 Å². The summed E-state index contributed by atoms with van der Waals surface area (Å²) in [5, 5.41) is 0. The summed E-state index contributed by atoms with van der Waals surface area (Å²) in [5.41, 5.74) is 4.70. The smallest absolute Gasteiger partial charge is 0.213 e. The summed E-state index contributed by atoms with van der Waals surface area (Å²) in [6.07, 6.45) is 5.15. The van der Waals surface area contributed by atoms with Gasteiger partial charge in [0.25, 0.3) is 0 Å².